The van der Waals surface area contributed by atoms with E-state index in [9.17, 15) is 0 Å². The van der Waals surface area contributed by atoms with Crippen molar-refractivity contribution >= 4 is 42.0 Å². The van der Waals surface area contributed by atoms with Crippen molar-refractivity contribution in [2.24, 2.45) is 0 Å². The Bertz CT molecular complexity index is 57.2. The third kappa shape index (κ3) is 278. The van der Waals surface area contributed by atoms with E-state index in [4.69, 9.17) is 8.42 Å². The van der Waals surface area contributed by atoms with E-state index >= 15 is 0 Å². The molecule has 0 aromatic rings. The number of thiol groups is 1. The third-order valence-corrected chi connectivity index (χ3v) is 0. The molecule has 0 aliphatic heterocycles. The summed E-state index contributed by atoms with van der Waals surface area (Å²) >= 11 is 0.417. The van der Waals surface area contributed by atoms with Gasteiger partial charge in [-0.1, -0.05) is 11.6 Å². The Morgan fingerprint density at radius 3 is 1.20 bits per heavy atom. The second kappa shape index (κ2) is 46.2. The summed E-state index contributed by atoms with van der Waals surface area (Å²) in [6.07, 6.45) is 0. The monoisotopic (exact) mass is 230 g/mol. The molecule has 2 nitrogen and oxygen atoms in total. The summed E-state index contributed by atoms with van der Waals surface area (Å²) in [4.78, 5) is 0. The summed E-state index contributed by atoms with van der Waals surface area (Å²) in [5, 5.41) is 0. The van der Waals surface area contributed by atoms with Gasteiger partial charge >= 0.3 is 26.8 Å². The van der Waals surface area contributed by atoms with Gasteiger partial charge in [-0.3, -0.25) is 0 Å². The van der Waals surface area contributed by atoms with Crippen LogP contribution in [0.2, 0.25) is 23.1 Å². The largest absolute Gasteiger partial charge is 0.191 e. The molecule has 0 aliphatic carbocycles. The molecule has 6 heteroatoms. The zero-order chi connectivity index (χ0) is 8.12. The van der Waals surface area contributed by atoms with Crippen LogP contribution in [-0.4, -0.2) is 30.4 Å². The predicted octanol–water partition coefficient (Wildman–Crippen LogP) is 1.06. The van der Waals surface area contributed by atoms with Gasteiger partial charge in [0, 0.05) is 18.6 Å². The Morgan fingerprint density at radius 2 is 1.20 bits per heavy atom. The summed E-state index contributed by atoms with van der Waals surface area (Å²) in [6.45, 7) is 0. The van der Waals surface area contributed by atoms with Gasteiger partial charge in [-0.05, 0) is 0 Å². The van der Waals surface area contributed by atoms with Crippen molar-refractivity contribution < 1.29 is 27.0 Å². The second-order valence-electron chi connectivity index (χ2n) is 1.23. The molecule has 0 rings (SSSR count). The Hall–Kier alpha value is 1.60. The molecule has 0 fully saturated rings. The van der Waals surface area contributed by atoms with Crippen molar-refractivity contribution in [2.45, 2.75) is 23.1 Å². The molecular weight excluding hydrogens is 217 g/mol. The first-order valence-electron chi connectivity index (χ1n) is 2.67. The summed E-state index contributed by atoms with van der Waals surface area (Å²) in [7, 11) is 0. The fourth-order valence-electron chi connectivity index (χ4n) is 0. The molecule has 0 saturated heterocycles. The van der Waals surface area contributed by atoms with Gasteiger partial charge in [-0.2, -0.15) is 0 Å². The van der Waals surface area contributed by atoms with E-state index in [2.05, 4.69) is 23.1 Å². The van der Waals surface area contributed by atoms with Crippen molar-refractivity contribution in [2.75, 3.05) is 0 Å². The molecule has 0 aromatic heterocycles. The minimum absolute atomic E-state index is 0. The molecule has 0 unspecified atom stereocenters. The maximum Gasteiger partial charge on any atom is 0.191 e. The van der Waals surface area contributed by atoms with Gasteiger partial charge in [0.25, 0.3) is 0 Å². The Kier molecular flexibility index (Phi) is 104. The Labute approximate surface area is 91.5 Å². The molecule has 0 bridgehead atoms. The second-order valence-corrected chi connectivity index (χ2v) is 3.69. The first kappa shape index (κ1) is 22.6. The van der Waals surface area contributed by atoms with Crippen molar-refractivity contribution in [3.8, 4) is 0 Å². The molecule has 0 atom stereocenters. The average Bonchev–Trinajstić information content (AvgIpc) is 1.70. The molecular formula is C4H13Al2O2SV. The quantitative estimate of drug-likeness (QED) is 0.354. The molecule has 10 heavy (non-hydrogen) atoms. The maximum absolute atomic E-state index is 8.35. The standard InChI is InChI=1S/4CH3.2Al.HO2S.V/c;;;;;;1-3-2;/h4*1H3;;;3H;/q;;;;;+1;-1;. The smallest absolute Gasteiger partial charge is 0.115 e. The maximum atomic E-state index is 8.35. The van der Waals surface area contributed by atoms with Crippen LogP contribution in [0.1, 0.15) is 0 Å². The van der Waals surface area contributed by atoms with Crippen LogP contribution in [0, 0.1) is 0 Å². The average molecular weight is 230 g/mol. The van der Waals surface area contributed by atoms with E-state index in [1.807, 2.05) is 0 Å². The molecule has 0 amide bonds. The molecule has 0 aromatic carbocycles. The van der Waals surface area contributed by atoms with Crippen molar-refractivity contribution in [3.63, 3.8) is 0 Å². The third-order valence-electron chi connectivity index (χ3n) is 0. The molecule has 58 valence electrons. The summed E-state index contributed by atoms with van der Waals surface area (Å²) in [5.41, 5.74) is 0. The normalized spacial score (nSPS) is 4.00. The van der Waals surface area contributed by atoms with Crippen LogP contribution in [0.5, 0.6) is 0 Å². The van der Waals surface area contributed by atoms with E-state index in [0.717, 1.165) is 30.4 Å². The fourth-order valence-corrected chi connectivity index (χ4v) is 0. The van der Waals surface area contributed by atoms with Crippen LogP contribution >= 0.6 is 0 Å². The zero-order valence-corrected chi connectivity index (χ0v) is 11.5. The minimum Gasteiger partial charge on any atom is -0.115 e. The van der Waals surface area contributed by atoms with Crippen LogP contribution in [0.15, 0.2) is 0 Å². The van der Waals surface area contributed by atoms with E-state index in [1.165, 1.54) is 0 Å². The molecule has 0 saturated carbocycles. The van der Waals surface area contributed by atoms with E-state index < -0.39 is 11.6 Å². The topological polar surface area (TPSA) is 34.1 Å². The van der Waals surface area contributed by atoms with Crippen LogP contribution in [0.3, 0.4) is 0 Å². The van der Waals surface area contributed by atoms with Gasteiger partial charge in [0.15, 0.2) is 15.2 Å². The van der Waals surface area contributed by atoms with E-state index in [-0.39, 0.29) is 18.6 Å². The SMILES string of the molecule is O=[SH-]=O.[CH3][Al+][CH3].[CH3][Al][CH3].[V]. The van der Waals surface area contributed by atoms with Gasteiger partial charge in [-0.15, -0.1) is 11.6 Å². The Morgan fingerprint density at radius 1 is 1.20 bits per heavy atom. The number of hydrogen-bond donors (Lipinski definition) is 0. The summed E-state index contributed by atoms with van der Waals surface area (Å²) < 4.78 is 16.7. The van der Waals surface area contributed by atoms with E-state index in [0.29, 0.717) is 0 Å². The van der Waals surface area contributed by atoms with Crippen LogP contribution in [0.25, 0.3) is 0 Å². The first-order chi connectivity index (χ1) is 4.24. The molecule has 2 radical (unpaired) electrons. The van der Waals surface area contributed by atoms with Gasteiger partial charge in [-0.25, -0.2) is 0 Å². The number of rotatable bonds is 0. The Balaban J connectivity index is -0.0000000257. The first-order valence-corrected chi connectivity index (χ1v) is 8.02. The minimum atomic E-state index is -1.08. The van der Waals surface area contributed by atoms with Crippen LogP contribution in [0.4, 0.5) is 0 Å². The summed E-state index contributed by atoms with van der Waals surface area (Å²) in [5.74, 6) is 8.83. The molecule has 0 heterocycles. The van der Waals surface area contributed by atoms with Crippen molar-refractivity contribution in [1.29, 1.82) is 0 Å². The van der Waals surface area contributed by atoms with Crippen molar-refractivity contribution in [1.82, 2.24) is 0 Å². The van der Waals surface area contributed by atoms with Gasteiger partial charge < -0.3 is 8.42 Å². The van der Waals surface area contributed by atoms with Gasteiger partial charge in [0.05, 0.1) is 0 Å². The van der Waals surface area contributed by atoms with Crippen molar-refractivity contribution in [3.05, 3.63) is 0 Å². The zero-order valence-electron chi connectivity index (χ0n) is 6.87. The van der Waals surface area contributed by atoms with E-state index in [1.54, 1.807) is 0 Å². The van der Waals surface area contributed by atoms with Gasteiger partial charge in [0.2, 0.25) is 0 Å². The molecule has 0 spiro atoms. The number of hydrogen-bond acceptors (Lipinski definition) is 3. The van der Waals surface area contributed by atoms with Gasteiger partial charge in [0.1, 0.15) is 0 Å². The predicted molar refractivity (Wildman–Crippen MR) is 45.1 cm³/mol. The molecule has 0 aliphatic rings. The van der Waals surface area contributed by atoms with Crippen LogP contribution < -0.4 is 0 Å². The van der Waals surface area contributed by atoms with Crippen LogP contribution in [-0.2, 0) is 38.5 Å². The summed E-state index contributed by atoms with van der Waals surface area (Å²) in [6, 6.07) is 0. The molecule has 0 N–H and O–H groups in total. The fraction of sp³-hybridized carbons (Fsp3) is 1.00.